The van der Waals surface area contributed by atoms with Gasteiger partial charge in [0.1, 0.15) is 11.5 Å². The summed E-state index contributed by atoms with van der Waals surface area (Å²) in [5.74, 6) is -1.03. The van der Waals surface area contributed by atoms with Gasteiger partial charge in [0.2, 0.25) is 12.2 Å². The molecule has 0 bridgehead atoms. The van der Waals surface area contributed by atoms with Crippen molar-refractivity contribution in [1.82, 2.24) is 0 Å². The molecule has 2 N–H and O–H groups in total. The van der Waals surface area contributed by atoms with Crippen molar-refractivity contribution in [2.24, 2.45) is 10.3 Å². The maximum atomic E-state index is 12.3. The minimum atomic E-state index is -0.858. The molecular weight excluding hydrogens is 468 g/mol. The minimum Gasteiger partial charge on any atom is -0.508 e. The quantitative estimate of drug-likeness (QED) is 0.397. The largest absolute Gasteiger partial charge is 0.508 e. The maximum absolute atomic E-state index is 12.3. The lowest BCUT2D eigenvalue weighted by atomic mass is 9.91. The van der Waals surface area contributed by atoms with Crippen LogP contribution in [-0.4, -0.2) is 59.0 Å². The van der Waals surface area contributed by atoms with Gasteiger partial charge in [-0.15, -0.1) is 0 Å². The molecule has 2 unspecified atom stereocenters. The molecule has 2 aromatic carbocycles. The molecule has 36 heavy (non-hydrogen) atoms. The summed E-state index contributed by atoms with van der Waals surface area (Å²) in [4.78, 5) is 34.9. The van der Waals surface area contributed by atoms with Gasteiger partial charge < -0.3 is 29.4 Å². The molecule has 2 atom stereocenters. The van der Waals surface area contributed by atoms with Crippen molar-refractivity contribution in [2.75, 3.05) is 13.2 Å². The first-order valence-corrected chi connectivity index (χ1v) is 11.9. The number of benzene rings is 2. The number of aromatic hydroxyl groups is 2. The predicted octanol–water partition coefficient (Wildman–Crippen LogP) is 3.66. The second-order valence-corrected chi connectivity index (χ2v) is 8.41. The summed E-state index contributed by atoms with van der Waals surface area (Å²) in [6.45, 7) is 4.27. The third kappa shape index (κ3) is 5.42. The third-order valence-electron chi connectivity index (χ3n) is 5.83. The van der Waals surface area contributed by atoms with E-state index in [1.54, 1.807) is 25.1 Å². The number of ether oxygens (including phenoxy) is 2. The molecule has 2 aliphatic heterocycles. The van der Waals surface area contributed by atoms with E-state index in [1.165, 1.54) is 18.2 Å². The number of unbranched alkanes of at least 4 members (excludes halogenated alkanes) is 1. The Morgan fingerprint density at radius 2 is 1.58 bits per heavy atom. The first kappa shape index (κ1) is 25.0. The molecule has 0 spiro atoms. The van der Waals surface area contributed by atoms with Crippen LogP contribution in [0, 0.1) is 0 Å². The van der Waals surface area contributed by atoms with Gasteiger partial charge in [0.15, 0.2) is 0 Å². The highest BCUT2D eigenvalue weighted by Gasteiger charge is 2.33. The molecule has 0 aliphatic carbocycles. The number of nitrogens with zero attached hydrogens (tertiary/aromatic N) is 2. The molecule has 0 saturated carbocycles. The van der Waals surface area contributed by atoms with Crippen LogP contribution in [0.5, 0.6) is 11.5 Å². The molecule has 0 amide bonds. The van der Waals surface area contributed by atoms with E-state index in [-0.39, 0.29) is 30.9 Å². The van der Waals surface area contributed by atoms with Gasteiger partial charge in [-0.1, -0.05) is 23.7 Å². The summed E-state index contributed by atoms with van der Waals surface area (Å²) >= 11 is 0. The van der Waals surface area contributed by atoms with Crippen LogP contribution < -0.4 is 0 Å². The second-order valence-electron chi connectivity index (χ2n) is 8.41. The number of phenolic OH excluding ortho intramolecular Hbond substituents is 2. The number of hydrogen-bond donors (Lipinski definition) is 2. The highest BCUT2D eigenvalue weighted by Crippen LogP contribution is 2.37. The fourth-order valence-corrected chi connectivity index (χ4v) is 3.92. The van der Waals surface area contributed by atoms with E-state index in [9.17, 15) is 19.8 Å². The Hall–Kier alpha value is -4.08. The number of rotatable bonds is 9. The SMILES string of the molecule is CCCCOC(=O)C1CC(c2ccc(O)cc2-c2cc(C3=NOC(C(=O)OCC)C3)ccc2O)=NO1. The Kier molecular flexibility index (Phi) is 7.72. The van der Waals surface area contributed by atoms with Crippen LogP contribution in [0.25, 0.3) is 11.1 Å². The van der Waals surface area contributed by atoms with Crippen LogP contribution in [0.2, 0.25) is 0 Å². The number of esters is 2. The molecule has 190 valence electrons. The fourth-order valence-electron chi connectivity index (χ4n) is 3.92. The highest BCUT2D eigenvalue weighted by molar-refractivity contribution is 6.10. The van der Waals surface area contributed by atoms with E-state index < -0.39 is 24.1 Å². The van der Waals surface area contributed by atoms with Crippen molar-refractivity contribution in [3.05, 3.63) is 47.5 Å². The van der Waals surface area contributed by atoms with Crippen molar-refractivity contribution in [2.45, 2.75) is 51.7 Å². The molecule has 0 aromatic heterocycles. The van der Waals surface area contributed by atoms with Gasteiger partial charge in [0.05, 0.1) is 24.6 Å². The molecule has 10 heteroatoms. The summed E-state index contributed by atoms with van der Waals surface area (Å²) in [7, 11) is 0. The number of carbonyl (C=O) groups excluding carboxylic acids is 2. The Morgan fingerprint density at radius 3 is 2.31 bits per heavy atom. The Bertz CT molecular complexity index is 1210. The van der Waals surface area contributed by atoms with Crippen LogP contribution >= 0.6 is 0 Å². The summed E-state index contributed by atoms with van der Waals surface area (Å²) < 4.78 is 10.2. The summed E-state index contributed by atoms with van der Waals surface area (Å²) in [6, 6.07) is 9.49. The first-order valence-electron chi connectivity index (χ1n) is 11.9. The van der Waals surface area contributed by atoms with Gasteiger partial charge >= 0.3 is 11.9 Å². The average Bonchev–Trinajstić information content (AvgIpc) is 3.55. The maximum Gasteiger partial charge on any atom is 0.350 e. The van der Waals surface area contributed by atoms with Crippen LogP contribution in [0.15, 0.2) is 46.7 Å². The molecule has 2 heterocycles. The summed E-state index contributed by atoms with van der Waals surface area (Å²) in [5.41, 5.74) is 3.10. The second kappa shape index (κ2) is 11.1. The van der Waals surface area contributed by atoms with Crippen LogP contribution in [0.4, 0.5) is 0 Å². The van der Waals surface area contributed by atoms with Crippen molar-refractivity contribution in [3.63, 3.8) is 0 Å². The smallest absolute Gasteiger partial charge is 0.350 e. The molecule has 0 saturated heterocycles. The zero-order valence-electron chi connectivity index (χ0n) is 20.1. The molecule has 0 radical (unpaired) electrons. The topological polar surface area (TPSA) is 136 Å². The molecule has 2 aliphatic rings. The predicted molar refractivity (Wildman–Crippen MR) is 130 cm³/mol. The molecule has 0 fully saturated rings. The van der Waals surface area contributed by atoms with E-state index in [1.807, 2.05) is 6.92 Å². The Balaban J connectivity index is 1.58. The zero-order valence-corrected chi connectivity index (χ0v) is 20.1. The van der Waals surface area contributed by atoms with Crippen molar-refractivity contribution in [3.8, 4) is 22.6 Å². The lowest BCUT2D eigenvalue weighted by molar-refractivity contribution is -0.156. The molecule has 2 aromatic rings. The monoisotopic (exact) mass is 496 g/mol. The van der Waals surface area contributed by atoms with Crippen molar-refractivity contribution < 1.29 is 39.0 Å². The summed E-state index contributed by atoms with van der Waals surface area (Å²) in [5, 5.41) is 29.0. The van der Waals surface area contributed by atoms with Gasteiger partial charge in [-0.3, -0.25) is 0 Å². The lowest BCUT2D eigenvalue weighted by Gasteiger charge is -2.13. The standard InChI is InChI=1S/C26H28N2O8/c1-3-5-10-34-26(32)24-14-21(28-36-24)17-8-7-16(29)12-18(17)19-11-15(6-9-22(19)30)20-13-23(35-27-20)25(31)33-4-2/h6-9,11-12,23-24,29-30H,3-5,10,13-14H2,1-2H3. The average molecular weight is 497 g/mol. The molecule has 4 rings (SSSR count). The van der Waals surface area contributed by atoms with Gasteiger partial charge in [-0.25, -0.2) is 9.59 Å². The zero-order chi connectivity index (χ0) is 25.7. The van der Waals surface area contributed by atoms with Crippen LogP contribution in [0.3, 0.4) is 0 Å². The van der Waals surface area contributed by atoms with Gasteiger partial charge in [0.25, 0.3) is 0 Å². The Morgan fingerprint density at radius 1 is 0.889 bits per heavy atom. The highest BCUT2D eigenvalue weighted by atomic mass is 16.7. The molecule has 10 nitrogen and oxygen atoms in total. The van der Waals surface area contributed by atoms with Gasteiger partial charge in [0, 0.05) is 29.5 Å². The Labute approximate surface area is 208 Å². The summed E-state index contributed by atoms with van der Waals surface area (Å²) in [6.07, 6.45) is 0.391. The van der Waals surface area contributed by atoms with E-state index in [0.29, 0.717) is 40.3 Å². The number of oxime groups is 2. The van der Waals surface area contributed by atoms with Gasteiger partial charge in [-0.05, 0) is 55.3 Å². The van der Waals surface area contributed by atoms with E-state index in [0.717, 1.165) is 12.8 Å². The first-order chi connectivity index (χ1) is 17.4. The van der Waals surface area contributed by atoms with Crippen LogP contribution in [0.1, 0.15) is 50.7 Å². The van der Waals surface area contributed by atoms with Crippen molar-refractivity contribution >= 4 is 23.4 Å². The number of hydrogen-bond acceptors (Lipinski definition) is 10. The van der Waals surface area contributed by atoms with E-state index >= 15 is 0 Å². The molecular formula is C26H28N2O8. The minimum absolute atomic E-state index is 0.0162. The van der Waals surface area contributed by atoms with E-state index in [2.05, 4.69) is 10.3 Å². The van der Waals surface area contributed by atoms with Crippen LogP contribution in [-0.2, 0) is 28.7 Å². The normalized spacial score (nSPS) is 18.6. The van der Waals surface area contributed by atoms with E-state index in [4.69, 9.17) is 19.1 Å². The number of carbonyl (C=O) groups is 2. The number of phenols is 2. The van der Waals surface area contributed by atoms with Gasteiger partial charge in [-0.2, -0.15) is 0 Å². The lowest BCUT2D eigenvalue weighted by Crippen LogP contribution is -2.24. The third-order valence-corrected chi connectivity index (χ3v) is 5.83. The van der Waals surface area contributed by atoms with Crippen molar-refractivity contribution in [1.29, 1.82) is 0 Å². The fraction of sp³-hybridized carbons (Fsp3) is 0.385.